The molecule has 7 nitrogen and oxygen atoms in total. The Morgan fingerprint density at radius 1 is 1.26 bits per heavy atom. The minimum Gasteiger partial charge on any atom is -0.461 e. The van der Waals surface area contributed by atoms with Crippen LogP contribution < -0.4 is 10.2 Å². The van der Waals surface area contributed by atoms with Crippen LogP contribution in [0.25, 0.3) is 0 Å². The second kappa shape index (κ2) is 7.93. The third-order valence-corrected chi connectivity index (χ3v) is 5.87. The number of ether oxygens (including phenoxy) is 1. The normalized spacial score (nSPS) is 24.1. The summed E-state index contributed by atoms with van der Waals surface area (Å²) in [4.78, 5) is 22.3. The Balaban J connectivity index is 1.59. The highest BCUT2D eigenvalue weighted by Crippen LogP contribution is 2.36. The first kappa shape index (κ1) is 20.4. The summed E-state index contributed by atoms with van der Waals surface area (Å²) >= 11 is 5.71. The van der Waals surface area contributed by atoms with Gasteiger partial charge in [-0.1, -0.05) is 0 Å². The number of carbonyl (C=O) groups excluding carboxylic acids is 1. The largest absolute Gasteiger partial charge is 0.498 e. The first-order valence-corrected chi connectivity index (χ1v) is 9.93. The minimum absolute atomic E-state index is 0.00418. The molecule has 27 heavy (non-hydrogen) atoms. The lowest BCUT2D eigenvalue weighted by Gasteiger charge is -2.34. The molecule has 2 aliphatic rings. The summed E-state index contributed by atoms with van der Waals surface area (Å²) in [5.74, 6) is -0.0579. The zero-order valence-electron chi connectivity index (χ0n) is 16.4. The smallest absolute Gasteiger partial charge is 0.461 e. The van der Waals surface area contributed by atoms with E-state index in [0.29, 0.717) is 6.61 Å². The third-order valence-electron chi connectivity index (χ3n) is 5.64. The molecule has 1 aromatic heterocycles. The summed E-state index contributed by atoms with van der Waals surface area (Å²) in [6.07, 6.45) is 6.29. The van der Waals surface area contributed by atoms with Crippen LogP contribution >= 0.6 is 11.6 Å². The van der Waals surface area contributed by atoms with Gasteiger partial charge in [0, 0.05) is 24.4 Å². The van der Waals surface area contributed by atoms with Gasteiger partial charge >= 0.3 is 13.1 Å². The van der Waals surface area contributed by atoms with Crippen LogP contribution in [0.1, 0.15) is 47.0 Å². The van der Waals surface area contributed by atoms with Crippen LogP contribution in [0.3, 0.4) is 0 Å². The number of alkyl halides is 1. The maximum Gasteiger partial charge on any atom is 0.498 e. The van der Waals surface area contributed by atoms with Crippen LogP contribution in [0.4, 0.5) is 0 Å². The fourth-order valence-electron chi connectivity index (χ4n) is 3.25. The van der Waals surface area contributed by atoms with Gasteiger partial charge in [-0.25, -0.2) is 9.97 Å². The van der Waals surface area contributed by atoms with E-state index >= 15 is 0 Å². The second-order valence-corrected chi connectivity index (χ2v) is 8.34. The van der Waals surface area contributed by atoms with Gasteiger partial charge in [0.25, 0.3) is 0 Å². The molecule has 0 bridgehead atoms. The molecule has 2 aliphatic heterocycles. The van der Waals surface area contributed by atoms with E-state index in [2.05, 4.69) is 9.97 Å². The molecule has 0 spiro atoms. The molecule has 1 atom stereocenters. The molecular formula is C18H27BClN3O4. The van der Waals surface area contributed by atoms with E-state index in [1.807, 2.05) is 27.7 Å². The van der Waals surface area contributed by atoms with E-state index in [1.165, 1.54) is 0 Å². The maximum atomic E-state index is 12.0. The molecular weight excluding hydrogens is 368 g/mol. The standard InChI is InChI=1S/C18H27BClN3O4/c1-17(2)18(3,4)27-19(26-17)13-10-21-16(22-11-13)25-12-14-7-5-6-8-23(14)15(24)9-20/h10-11,14H,5-9,12H2,1-4H3/t14-/m1/s1. The fourth-order valence-corrected chi connectivity index (χ4v) is 3.40. The topological polar surface area (TPSA) is 73.8 Å². The van der Waals surface area contributed by atoms with Gasteiger partial charge in [0.2, 0.25) is 5.91 Å². The average molecular weight is 396 g/mol. The van der Waals surface area contributed by atoms with E-state index in [4.69, 9.17) is 25.6 Å². The highest BCUT2D eigenvalue weighted by atomic mass is 35.5. The van der Waals surface area contributed by atoms with Crippen LogP contribution in [-0.2, 0) is 14.1 Å². The van der Waals surface area contributed by atoms with Gasteiger partial charge in [0.15, 0.2) is 0 Å². The molecule has 0 unspecified atom stereocenters. The van der Waals surface area contributed by atoms with E-state index in [9.17, 15) is 4.79 Å². The van der Waals surface area contributed by atoms with Gasteiger partial charge in [-0.05, 0) is 47.0 Å². The quantitative estimate of drug-likeness (QED) is 0.559. The molecule has 0 aliphatic carbocycles. The number of carbonyl (C=O) groups is 1. The van der Waals surface area contributed by atoms with E-state index in [1.54, 1.807) is 17.3 Å². The lowest BCUT2D eigenvalue weighted by Crippen LogP contribution is -2.47. The van der Waals surface area contributed by atoms with Crippen molar-refractivity contribution in [2.75, 3.05) is 19.0 Å². The molecule has 3 heterocycles. The Bertz CT molecular complexity index is 655. The van der Waals surface area contributed by atoms with Crippen LogP contribution in [0.5, 0.6) is 6.01 Å². The summed E-state index contributed by atoms with van der Waals surface area (Å²) < 4.78 is 17.7. The number of piperidine rings is 1. The van der Waals surface area contributed by atoms with Crippen molar-refractivity contribution in [3.63, 3.8) is 0 Å². The first-order valence-electron chi connectivity index (χ1n) is 9.39. The zero-order chi connectivity index (χ0) is 19.7. The van der Waals surface area contributed by atoms with Crippen LogP contribution in [0, 0.1) is 0 Å². The number of halogens is 1. The van der Waals surface area contributed by atoms with Crippen LogP contribution in [0.2, 0.25) is 0 Å². The van der Waals surface area contributed by atoms with E-state index < -0.39 is 18.3 Å². The molecule has 1 aromatic rings. The Hall–Kier alpha value is -1.38. The van der Waals surface area contributed by atoms with Crippen LogP contribution in [-0.4, -0.2) is 64.2 Å². The Kier molecular flexibility index (Phi) is 5.98. The lowest BCUT2D eigenvalue weighted by molar-refractivity contribution is -0.132. The lowest BCUT2D eigenvalue weighted by atomic mass is 9.81. The van der Waals surface area contributed by atoms with Crippen molar-refractivity contribution in [3.05, 3.63) is 12.4 Å². The number of aromatic nitrogens is 2. The van der Waals surface area contributed by atoms with Crippen molar-refractivity contribution in [2.45, 2.75) is 64.2 Å². The number of hydrogen-bond donors (Lipinski definition) is 0. The molecule has 0 radical (unpaired) electrons. The van der Waals surface area contributed by atoms with Gasteiger partial charge in [-0.3, -0.25) is 4.79 Å². The highest BCUT2D eigenvalue weighted by molar-refractivity contribution is 6.61. The SMILES string of the molecule is CC1(C)OB(c2cnc(OC[C@H]3CCCCN3C(=O)CCl)nc2)OC1(C)C. The molecule has 0 saturated carbocycles. The van der Waals surface area contributed by atoms with Gasteiger partial charge in [0.05, 0.1) is 17.2 Å². The van der Waals surface area contributed by atoms with Gasteiger partial charge < -0.3 is 18.9 Å². The highest BCUT2D eigenvalue weighted by Gasteiger charge is 2.52. The molecule has 2 saturated heterocycles. The predicted molar refractivity (Wildman–Crippen MR) is 103 cm³/mol. The average Bonchev–Trinajstić information content (AvgIpc) is 2.87. The minimum atomic E-state index is -0.501. The Morgan fingerprint density at radius 3 is 2.48 bits per heavy atom. The van der Waals surface area contributed by atoms with Crippen molar-refractivity contribution >= 4 is 30.1 Å². The number of nitrogens with zero attached hydrogens (tertiary/aromatic N) is 3. The summed E-state index contributed by atoms with van der Waals surface area (Å²) in [6, 6.07) is 0.287. The molecule has 0 aromatic carbocycles. The van der Waals surface area contributed by atoms with Crippen molar-refractivity contribution in [1.82, 2.24) is 14.9 Å². The van der Waals surface area contributed by atoms with E-state index in [-0.39, 0.29) is 23.8 Å². The molecule has 9 heteroatoms. The molecule has 148 valence electrons. The second-order valence-electron chi connectivity index (χ2n) is 8.07. The van der Waals surface area contributed by atoms with Crippen molar-refractivity contribution in [2.24, 2.45) is 0 Å². The zero-order valence-corrected chi connectivity index (χ0v) is 17.2. The first-order chi connectivity index (χ1) is 12.7. The molecule has 1 amide bonds. The maximum absolute atomic E-state index is 12.0. The molecule has 2 fully saturated rings. The number of likely N-dealkylation sites (tertiary alicyclic amines) is 1. The van der Waals surface area contributed by atoms with Gasteiger partial charge in [-0.2, -0.15) is 0 Å². The van der Waals surface area contributed by atoms with Gasteiger partial charge in [-0.15, -0.1) is 11.6 Å². The summed E-state index contributed by atoms with van der Waals surface area (Å²) in [5.41, 5.74) is -0.0732. The van der Waals surface area contributed by atoms with Crippen molar-refractivity contribution < 1.29 is 18.8 Å². The Morgan fingerprint density at radius 2 is 1.89 bits per heavy atom. The Labute approximate surface area is 165 Å². The summed E-state index contributed by atoms with van der Waals surface area (Å²) in [5, 5.41) is 0. The van der Waals surface area contributed by atoms with Gasteiger partial charge in [0.1, 0.15) is 12.5 Å². The predicted octanol–water partition coefficient (Wildman–Crippen LogP) is 1.77. The van der Waals surface area contributed by atoms with Crippen LogP contribution in [0.15, 0.2) is 12.4 Å². The summed E-state index contributed by atoms with van der Waals surface area (Å²) in [6.45, 7) is 9.10. The summed E-state index contributed by atoms with van der Waals surface area (Å²) in [7, 11) is -0.501. The number of amides is 1. The third kappa shape index (κ3) is 4.38. The number of hydrogen-bond acceptors (Lipinski definition) is 6. The molecule has 0 N–H and O–H groups in total. The van der Waals surface area contributed by atoms with E-state index in [0.717, 1.165) is 31.3 Å². The van der Waals surface area contributed by atoms with Crippen molar-refractivity contribution in [3.8, 4) is 6.01 Å². The monoisotopic (exact) mass is 395 g/mol. The number of rotatable bonds is 5. The molecule has 3 rings (SSSR count). The van der Waals surface area contributed by atoms with Crippen molar-refractivity contribution in [1.29, 1.82) is 0 Å². The fraction of sp³-hybridized carbons (Fsp3) is 0.722.